The highest BCUT2D eigenvalue weighted by Gasteiger charge is 2.14. The van der Waals surface area contributed by atoms with E-state index < -0.39 is 5.97 Å². The maximum Gasteiger partial charge on any atom is 0.336 e. The largest absolute Gasteiger partial charge is 0.478 e. The summed E-state index contributed by atoms with van der Waals surface area (Å²) in [6.07, 6.45) is 0. The van der Waals surface area contributed by atoms with E-state index in [4.69, 9.17) is 11.6 Å². The van der Waals surface area contributed by atoms with Crippen molar-refractivity contribution in [2.75, 3.05) is 5.32 Å². The molecule has 1 heterocycles. The van der Waals surface area contributed by atoms with Crippen LogP contribution in [0.1, 0.15) is 20.8 Å². The van der Waals surface area contributed by atoms with Crippen LogP contribution >= 0.6 is 11.6 Å². The van der Waals surface area contributed by atoms with Crippen molar-refractivity contribution in [3.63, 3.8) is 0 Å². The van der Waals surface area contributed by atoms with Gasteiger partial charge in [0.2, 0.25) is 0 Å². The first-order chi connectivity index (χ1) is 12.5. The van der Waals surface area contributed by atoms with Gasteiger partial charge in [-0.1, -0.05) is 35.9 Å². The van der Waals surface area contributed by atoms with Gasteiger partial charge in [0.15, 0.2) is 0 Å². The van der Waals surface area contributed by atoms with Crippen molar-refractivity contribution in [1.82, 2.24) is 4.98 Å². The number of amides is 1. The summed E-state index contributed by atoms with van der Waals surface area (Å²) >= 11 is 5.97. The summed E-state index contributed by atoms with van der Waals surface area (Å²) in [6, 6.07) is 17.4. The Morgan fingerprint density at radius 1 is 0.962 bits per heavy atom. The van der Waals surface area contributed by atoms with Gasteiger partial charge in [-0.3, -0.25) is 4.79 Å². The predicted octanol–water partition coefficient (Wildman–Crippen LogP) is 4.93. The molecule has 0 fully saturated rings. The lowest BCUT2D eigenvalue weighted by molar-refractivity contribution is 0.0698. The number of rotatable bonds is 3. The molecule has 0 radical (unpaired) electrons. The summed E-state index contributed by atoms with van der Waals surface area (Å²) in [6.45, 7) is 0. The first kappa shape index (κ1) is 16.2. The molecule has 1 aromatic heterocycles. The van der Waals surface area contributed by atoms with Crippen molar-refractivity contribution in [1.29, 1.82) is 0 Å². The van der Waals surface area contributed by atoms with Crippen molar-refractivity contribution < 1.29 is 14.7 Å². The molecular formula is C20H13ClN2O3. The smallest absolute Gasteiger partial charge is 0.336 e. The van der Waals surface area contributed by atoms with Crippen molar-refractivity contribution in [3.05, 3.63) is 76.9 Å². The van der Waals surface area contributed by atoms with E-state index in [1.54, 1.807) is 42.5 Å². The number of benzene rings is 3. The van der Waals surface area contributed by atoms with Gasteiger partial charge in [-0.25, -0.2) is 4.79 Å². The number of halogens is 1. The van der Waals surface area contributed by atoms with Crippen LogP contribution in [0.25, 0.3) is 21.7 Å². The zero-order valence-corrected chi connectivity index (χ0v) is 14.2. The number of nitrogens with one attached hydrogen (secondary N) is 2. The average Bonchev–Trinajstić information content (AvgIpc) is 3.04. The van der Waals surface area contributed by atoms with Gasteiger partial charge in [-0.05, 0) is 47.2 Å². The van der Waals surface area contributed by atoms with E-state index in [1.807, 2.05) is 12.1 Å². The van der Waals surface area contributed by atoms with Crippen LogP contribution in [0.2, 0.25) is 5.02 Å². The monoisotopic (exact) mass is 364 g/mol. The summed E-state index contributed by atoms with van der Waals surface area (Å²) in [4.78, 5) is 27.1. The number of fused-ring (bicyclic) bond motifs is 2. The van der Waals surface area contributed by atoms with Crippen LogP contribution in [-0.4, -0.2) is 22.0 Å². The van der Waals surface area contributed by atoms with Crippen LogP contribution < -0.4 is 5.32 Å². The Labute approximate surface area is 153 Å². The zero-order chi connectivity index (χ0) is 18.3. The lowest BCUT2D eigenvalue weighted by Gasteiger charge is -2.08. The fourth-order valence-corrected chi connectivity index (χ4v) is 3.16. The third-order valence-electron chi connectivity index (χ3n) is 4.18. The van der Waals surface area contributed by atoms with Gasteiger partial charge < -0.3 is 15.4 Å². The minimum Gasteiger partial charge on any atom is -0.478 e. The summed E-state index contributed by atoms with van der Waals surface area (Å²) in [7, 11) is 0. The van der Waals surface area contributed by atoms with Gasteiger partial charge in [0, 0.05) is 21.6 Å². The Morgan fingerprint density at radius 2 is 1.77 bits per heavy atom. The number of anilines is 1. The number of carboxylic acid groups (broad SMARTS) is 1. The van der Waals surface area contributed by atoms with E-state index in [-0.39, 0.29) is 11.5 Å². The number of carboxylic acids is 1. The summed E-state index contributed by atoms with van der Waals surface area (Å²) in [5, 5.41) is 15.0. The third-order valence-corrected chi connectivity index (χ3v) is 4.41. The zero-order valence-electron chi connectivity index (χ0n) is 13.4. The molecule has 0 aliphatic rings. The van der Waals surface area contributed by atoms with Crippen molar-refractivity contribution >= 4 is 50.8 Å². The Morgan fingerprint density at radius 3 is 2.58 bits per heavy atom. The highest BCUT2D eigenvalue weighted by atomic mass is 35.5. The second-order valence-electron chi connectivity index (χ2n) is 5.92. The highest BCUT2D eigenvalue weighted by molar-refractivity contribution is 6.31. The number of carbonyl (C=O) groups is 2. The van der Waals surface area contributed by atoms with Crippen LogP contribution in [0.5, 0.6) is 0 Å². The summed E-state index contributed by atoms with van der Waals surface area (Å²) in [5.74, 6) is -1.40. The van der Waals surface area contributed by atoms with E-state index >= 15 is 0 Å². The van der Waals surface area contributed by atoms with E-state index in [0.29, 0.717) is 21.8 Å². The Bertz CT molecular complexity index is 1180. The molecule has 0 bridgehead atoms. The Balaban J connectivity index is 1.71. The van der Waals surface area contributed by atoms with Crippen molar-refractivity contribution in [2.45, 2.75) is 0 Å². The fraction of sp³-hybridized carbons (Fsp3) is 0. The second-order valence-corrected chi connectivity index (χ2v) is 6.36. The first-order valence-corrected chi connectivity index (χ1v) is 8.25. The van der Waals surface area contributed by atoms with Crippen LogP contribution in [0.3, 0.4) is 0 Å². The van der Waals surface area contributed by atoms with Gasteiger partial charge in [0.25, 0.3) is 5.91 Å². The molecule has 128 valence electrons. The van der Waals surface area contributed by atoms with Crippen LogP contribution in [0.15, 0.2) is 60.7 Å². The van der Waals surface area contributed by atoms with Crippen LogP contribution in [0, 0.1) is 0 Å². The molecule has 3 N–H and O–H groups in total. The quantitative estimate of drug-likeness (QED) is 0.482. The number of aromatic amines is 1. The van der Waals surface area contributed by atoms with Crippen LogP contribution in [-0.2, 0) is 0 Å². The molecule has 0 spiro atoms. The molecule has 0 saturated carbocycles. The van der Waals surface area contributed by atoms with Gasteiger partial charge in [0.05, 0.1) is 5.56 Å². The predicted molar refractivity (Wildman–Crippen MR) is 102 cm³/mol. The lowest BCUT2D eigenvalue weighted by Crippen LogP contribution is -2.13. The molecular weight excluding hydrogens is 352 g/mol. The number of H-pyrrole nitrogens is 1. The SMILES string of the molecule is O=C(Nc1cc(C(=O)O)c2ccccc2c1)c1cc2cc(Cl)ccc2[nH]1. The van der Waals surface area contributed by atoms with Gasteiger partial charge >= 0.3 is 5.97 Å². The van der Waals surface area contributed by atoms with Crippen LogP contribution in [0.4, 0.5) is 5.69 Å². The van der Waals surface area contributed by atoms with E-state index in [1.165, 1.54) is 6.07 Å². The molecule has 1 amide bonds. The van der Waals surface area contributed by atoms with E-state index in [2.05, 4.69) is 10.3 Å². The molecule has 5 nitrogen and oxygen atoms in total. The fourth-order valence-electron chi connectivity index (χ4n) is 2.98. The molecule has 4 rings (SSSR count). The number of hydrogen-bond acceptors (Lipinski definition) is 2. The molecule has 0 aliphatic carbocycles. The molecule has 6 heteroatoms. The topological polar surface area (TPSA) is 82.2 Å². The number of aromatic nitrogens is 1. The normalized spacial score (nSPS) is 11.0. The molecule has 0 atom stereocenters. The molecule has 3 aromatic carbocycles. The second kappa shape index (κ2) is 6.20. The maximum absolute atomic E-state index is 12.6. The molecule has 4 aromatic rings. The molecule has 0 aliphatic heterocycles. The lowest BCUT2D eigenvalue weighted by atomic mass is 10.0. The maximum atomic E-state index is 12.6. The minimum atomic E-state index is -1.04. The third kappa shape index (κ3) is 2.89. The molecule has 0 unspecified atom stereocenters. The van der Waals surface area contributed by atoms with Gasteiger partial charge in [0.1, 0.15) is 5.69 Å². The number of hydrogen-bond donors (Lipinski definition) is 3. The summed E-state index contributed by atoms with van der Waals surface area (Å²) in [5.41, 5.74) is 1.72. The Kier molecular flexibility index (Phi) is 3.86. The van der Waals surface area contributed by atoms with Crippen molar-refractivity contribution in [3.8, 4) is 0 Å². The highest BCUT2D eigenvalue weighted by Crippen LogP contribution is 2.25. The van der Waals surface area contributed by atoms with Crippen molar-refractivity contribution in [2.24, 2.45) is 0 Å². The standard InChI is InChI=1S/C20H13ClN2O3/c21-13-5-6-17-12(7-13)9-18(23-17)19(24)22-14-8-11-3-1-2-4-15(11)16(10-14)20(25)26/h1-10,23H,(H,22,24)(H,25,26). The summed E-state index contributed by atoms with van der Waals surface area (Å²) < 4.78 is 0. The Hall–Kier alpha value is -3.31. The molecule has 26 heavy (non-hydrogen) atoms. The van der Waals surface area contributed by atoms with Gasteiger partial charge in [-0.15, -0.1) is 0 Å². The van der Waals surface area contributed by atoms with E-state index in [9.17, 15) is 14.7 Å². The minimum absolute atomic E-state index is 0.141. The number of carbonyl (C=O) groups excluding carboxylic acids is 1. The number of aromatic carboxylic acids is 1. The van der Waals surface area contributed by atoms with Gasteiger partial charge in [-0.2, -0.15) is 0 Å². The van der Waals surface area contributed by atoms with E-state index in [0.717, 1.165) is 16.3 Å². The molecule has 0 saturated heterocycles. The first-order valence-electron chi connectivity index (χ1n) is 7.87. The average molecular weight is 365 g/mol.